The van der Waals surface area contributed by atoms with E-state index in [2.05, 4.69) is 185 Å². The number of ether oxygens (including phenoxy) is 4. The maximum atomic E-state index is 6.38. The molecule has 0 spiro atoms. The smallest absolute Gasteiger partial charge is 0.170 e. The summed E-state index contributed by atoms with van der Waals surface area (Å²) in [7, 11) is 0. The van der Waals surface area contributed by atoms with Crippen LogP contribution in [0, 0.1) is 0 Å². The highest BCUT2D eigenvalue weighted by Gasteiger charge is 2.45. The highest BCUT2D eigenvalue weighted by atomic mass is 16.7. The predicted molar refractivity (Wildman–Crippen MR) is 367 cm³/mol. The molecule has 6 heteroatoms. The zero-order chi connectivity index (χ0) is 60.4. The third-order valence-corrected chi connectivity index (χ3v) is 21.5. The van der Waals surface area contributed by atoms with Gasteiger partial charge in [-0.05, 0) is 206 Å². The number of unbranched alkanes of at least 4 members (excludes halogenated alkanes) is 13. The molecule has 3 atom stereocenters. The molecule has 6 nitrogen and oxygen atoms in total. The zero-order valence-corrected chi connectivity index (χ0v) is 55.0. The first-order valence-electron chi connectivity index (χ1n) is 35.5. The molecule has 6 aromatic rings. The van der Waals surface area contributed by atoms with Crippen molar-refractivity contribution in [2.45, 2.75) is 224 Å². The van der Waals surface area contributed by atoms with Crippen molar-refractivity contribution in [1.82, 2.24) is 9.80 Å². The first-order valence-corrected chi connectivity index (χ1v) is 35.5. The quantitative estimate of drug-likeness (QED) is 0.0357. The molecule has 10 rings (SSSR count). The van der Waals surface area contributed by atoms with Crippen LogP contribution in [0.15, 0.2) is 133 Å². The van der Waals surface area contributed by atoms with Crippen LogP contribution in [-0.4, -0.2) is 87.1 Å². The first-order chi connectivity index (χ1) is 42.8. The van der Waals surface area contributed by atoms with Gasteiger partial charge in [-0.3, -0.25) is 0 Å². The zero-order valence-electron chi connectivity index (χ0n) is 55.0. The third kappa shape index (κ3) is 15.3. The minimum absolute atomic E-state index is 0.0593. The Hall–Kier alpha value is -4.92. The van der Waals surface area contributed by atoms with Crippen molar-refractivity contribution in [2.24, 2.45) is 0 Å². The lowest BCUT2D eigenvalue weighted by Gasteiger charge is -2.40. The summed E-state index contributed by atoms with van der Waals surface area (Å²) in [5.74, 6) is -0.675. The SMILES string of the molecule is CCN(CC)CCCCCCCC1(CCCCCCN(CC)CC)c2cc(-c3ccccc3)ccc2-c2ccc(-c3ccc4c(c3)C(CCCCCCOC3(CC)CCO3)(CCCCCCOC3(CC)CCO3)c3cc(-c5ccccc5)ccc3-4)cc21. The Kier molecular flexibility index (Phi) is 23.7. The van der Waals surface area contributed by atoms with E-state index in [4.69, 9.17) is 18.9 Å². The van der Waals surface area contributed by atoms with Gasteiger partial charge >= 0.3 is 0 Å². The van der Waals surface area contributed by atoms with E-state index in [1.165, 1.54) is 183 Å². The lowest BCUT2D eigenvalue weighted by atomic mass is 9.69. The highest BCUT2D eigenvalue weighted by molar-refractivity contribution is 5.89. The summed E-state index contributed by atoms with van der Waals surface area (Å²) in [4.78, 5) is 5.19. The molecule has 0 N–H and O–H groups in total. The molecular formula is C81H110N2O4. The van der Waals surface area contributed by atoms with Crippen LogP contribution >= 0.6 is 0 Å². The number of hydrogen-bond acceptors (Lipinski definition) is 6. The topological polar surface area (TPSA) is 43.4 Å². The summed E-state index contributed by atoms with van der Waals surface area (Å²) in [6, 6.07) is 52.7. The van der Waals surface area contributed by atoms with Gasteiger partial charge in [-0.15, -0.1) is 0 Å². The number of benzene rings is 6. The Morgan fingerprint density at radius 3 is 0.908 bits per heavy atom. The van der Waals surface area contributed by atoms with E-state index >= 15 is 0 Å². The van der Waals surface area contributed by atoms with Crippen LogP contribution in [0.5, 0.6) is 0 Å². The van der Waals surface area contributed by atoms with Crippen molar-refractivity contribution >= 4 is 0 Å². The summed E-state index contributed by atoms with van der Waals surface area (Å²) in [5.41, 5.74) is 19.8. The second kappa shape index (κ2) is 31.7. The van der Waals surface area contributed by atoms with Crippen molar-refractivity contribution in [3.63, 3.8) is 0 Å². The van der Waals surface area contributed by atoms with E-state index in [1.807, 2.05) is 0 Å². The van der Waals surface area contributed by atoms with E-state index in [0.29, 0.717) is 0 Å². The molecule has 0 amide bonds. The summed E-state index contributed by atoms with van der Waals surface area (Å²) in [6.45, 7) is 23.8. The maximum absolute atomic E-state index is 6.38. The molecule has 0 bridgehead atoms. The largest absolute Gasteiger partial charge is 0.350 e. The molecule has 3 unspecified atom stereocenters. The highest BCUT2D eigenvalue weighted by Crippen LogP contribution is 2.58. The lowest BCUT2D eigenvalue weighted by Crippen LogP contribution is -2.45. The van der Waals surface area contributed by atoms with E-state index < -0.39 is 0 Å². The van der Waals surface area contributed by atoms with Gasteiger partial charge in [0.2, 0.25) is 0 Å². The molecule has 0 aromatic heterocycles. The Balaban J connectivity index is 0.996. The van der Waals surface area contributed by atoms with E-state index in [1.54, 1.807) is 16.7 Å². The molecule has 468 valence electrons. The number of rotatable bonds is 40. The van der Waals surface area contributed by atoms with Crippen LogP contribution in [0.25, 0.3) is 55.6 Å². The summed E-state index contributed by atoms with van der Waals surface area (Å²) in [5, 5.41) is 0. The summed E-state index contributed by atoms with van der Waals surface area (Å²) in [6.07, 6.45) is 29.3. The Morgan fingerprint density at radius 1 is 0.333 bits per heavy atom. The molecule has 2 saturated heterocycles. The lowest BCUT2D eigenvalue weighted by molar-refractivity contribution is -0.309. The van der Waals surface area contributed by atoms with Gasteiger partial charge in [0.25, 0.3) is 0 Å². The minimum atomic E-state index is -0.337. The van der Waals surface area contributed by atoms with Crippen LogP contribution in [0.4, 0.5) is 0 Å². The monoisotopic (exact) mass is 1170 g/mol. The normalized spacial score (nSPS) is 20.8. The third-order valence-electron chi connectivity index (χ3n) is 21.5. The van der Waals surface area contributed by atoms with Crippen molar-refractivity contribution in [3.8, 4) is 55.6 Å². The number of hydrogen-bond donors (Lipinski definition) is 0. The van der Waals surface area contributed by atoms with Gasteiger partial charge in [-0.2, -0.15) is 0 Å². The van der Waals surface area contributed by atoms with Crippen molar-refractivity contribution in [1.29, 1.82) is 0 Å². The van der Waals surface area contributed by atoms with Crippen LogP contribution in [0.3, 0.4) is 0 Å². The Labute approximate surface area is 527 Å². The Morgan fingerprint density at radius 2 is 0.621 bits per heavy atom. The summed E-state index contributed by atoms with van der Waals surface area (Å²) >= 11 is 0. The average molecular weight is 1180 g/mol. The van der Waals surface area contributed by atoms with Crippen molar-refractivity contribution < 1.29 is 18.9 Å². The molecule has 6 aromatic carbocycles. The second-order valence-corrected chi connectivity index (χ2v) is 26.4. The summed E-state index contributed by atoms with van der Waals surface area (Å²) < 4.78 is 24.6. The molecule has 2 aliphatic heterocycles. The van der Waals surface area contributed by atoms with Gasteiger partial charge in [0.1, 0.15) is 0 Å². The van der Waals surface area contributed by atoms with Gasteiger partial charge in [0, 0.05) is 23.7 Å². The van der Waals surface area contributed by atoms with Gasteiger partial charge in [-0.25, -0.2) is 0 Å². The van der Waals surface area contributed by atoms with Crippen LogP contribution < -0.4 is 0 Å². The Bertz CT molecular complexity index is 3000. The fraction of sp³-hybridized carbons (Fsp3) is 0.556. The first kappa shape index (κ1) is 65.0. The van der Waals surface area contributed by atoms with Crippen molar-refractivity contribution in [2.75, 3.05) is 65.7 Å². The molecule has 0 radical (unpaired) electrons. The van der Waals surface area contributed by atoms with Crippen LogP contribution in [0.2, 0.25) is 0 Å². The van der Waals surface area contributed by atoms with Crippen LogP contribution in [-0.2, 0) is 29.8 Å². The van der Waals surface area contributed by atoms with E-state index in [9.17, 15) is 0 Å². The molecular weight excluding hydrogens is 1060 g/mol. The molecule has 4 aliphatic rings. The van der Waals surface area contributed by atoms with Crippen molar-refractivity contribution in [3.05, 3.63) is 156 Å². The van der Waals surface area contributed by atoms with E-state index in [0.717, 1.165) is 104 Å². The predicted octanol–water partition coefficient (Wildman–Crippen LogP) is 21.2. The van der Waals surface area contributed by atoms with Gasteiger partial charge < -0.3 is 28.7 Å². The molecule has 87 heavy (non-hydrogen) atoms. The van der Waals surface area contributed by atoms with Crippen LogP contribution in [0.1, 0.15) is 224 Å². The van der Waals surface area contributed by atoms with Gasteiger partial charge in [0.05, 0.1) is 26.4 Å². The molecule has 2 fully saturated rings. The second-order valence-electron chi connectivity index (χ2n) is 26.4. The molecule has 2 aliphatic carbocycles. The van der Waals surface area contributed by atoms with E-state index in [-0.39, 0.29) is 22.4 Å². The average Bonchev–Trinajstić information content (AvgIpc) is 1.59. The fourth-order valence-electron chi connectivity index (χ4n) is 15.7. The standard InChI is InChI=1S/C81H110N2O4/c1-7-80(52-58-86-80)84-56-34-20-16-30-50-79(51-31-17-21-35-57-85-81(8-2)53-59-87-81)75-61-67(65-38-26-23-27-39-65)41-45-71(75)73-47-43-69(63-77(73)79)68-42-46-72-70-44-40-66(64-36-24-22-25-37-64)60-74(70)78(76(72)62-68,49-29-15-19-33-55-83(11-5)12-6)48-28-14-13-18-32-54-82(9-3)10-4/h22-27,36-47,60-63H,7-21,28-35,48-59H2,1-6H3. The van der Waals surface area contributed by atoms with Gasteiger partial charge in [0.15, 0.2) is 11.6 Å². The number of fused-ring (bicyclic) bond motifs is 6. The molecule has 2 heterocycles. The minimum Gasteiger partial charge on any atom is -0.350 e. The maximum Gasteiger partial charge on any atom is 0.170 e. The molecule has 0 saturated carbocycles. The fourth-order valence-corrected chi connectivity index (χ4v) is 15.7. The number of nitrogens with zero attached hydrogens (tertiary/aromatic N) is 2. The van der Waals surface area contributed by atoms with Gasteiger partial charge in [-0.1, -0.05) is 234 Å².